The quantitative estimate of drug-likeness (QED) is 0.635. The molecular formula is C24H26N4O3. The minimum Gasteiger partial charge on any atom is -0.486 e. The Bertz CT molecular complexity index is 1080. The van der Waals surface area contributed by atoms with Gasteiger partial charge >= 0.3 is 0 Å². The van der Waals surface area contributed by atoms with Gasteiger partial charge in [0.1, 0.15) is 19.0 Å². The molecule has 2 heterocycles. The molecule has 1 aliphatic heterocycles. The molecule has 7 nitrogen and oxygen atoms in total. The number of carbonyl (C=O) groups excluding carboxylic acids is 1. The fourth-order valence-electron chi connectivity index (χ4n) is 3.81. The van der Waals surface area contributed by atoms with Gasteiger partial charge in [-0.1, -0.05) is 24.3 Å². The number of carbonyl (C=O) groups is 1. The molecule has 1 amide bonds. The maximum atomic E-state index is 12.8. The van der Waals surface area contributed by atoms with Gasteiger partial charge in [0.05, 0.1) is 17.9 Å². The number of hydrogen-bond donors (Lipinski definition) is 1. The van der Waals surface area contributed by atoms with Crippen molar-refractivity contribution in [1.82, 2.24) is 14.7 Å². The number of hydrogen-bond acceptors (Lipinski definition) is 5. The summed E-state index contributed by atoms with van der Waals surface area (Å²) in [4.78, 5) is 14.8. The third kappa shape index (κ3) is 4.56. The SMILES string of the molecule is CN(CC(=O)Nc1cc(C2CC2)nn1-c1ccccc1)Cc1ccc2c(c1)OCCO2. The fraction of sp³-hybridized carbons (Fsp3) is 0.333. The number of aromatic nitrogens is 2. The highest BCUT2D eigenvalue weighted by Crippen LogP contribution is 2.40. The molecule has 1 N–H and O–H groups in total. The number of likely N-dealkylation sites (N-methyl/N-ethyl adjacent to an activating group) is 1. The normalized spacial score (nSPS) is 15.2. The molecular weight excluding hydrogens is 392 g/mol. The predicted octanol–water partition coefficient (Wildman–Crippen LogP) is 3.59. The lowest BCUT2D eigenvalue weighted by molar-refractivity contribution is -0.117. The molecule has 1 aromatic heterocycles. The first-order chi connectivity index (χ1) is 15.2. The molecule has 0 saturated heterocycles. The van der Waals surface area contributed by atoms with E-state index >= 15 is 0 Å². The highest BCUT2D eigenvalue weighted by atomic mass is 16.6. The van der Waals surface area contributed by atoms with E-state index in [2.05, 4.69) is 5.32 Å². The van der Waals surface area contributed by atoms with Crippen LogP contribution in [0, 0.1) is 0 Å². The van der Waals surface area contributed by atoms with Gasteiger partial charge < -0.3 is 14.8 Å². The molecule has 31 heavy (non-hydrogen) atoms. The number of anilines is 1. The molecule has 7 heteroatoms. The Morgan fingerprint density at radius 3 is 2.65 bits per heavy atom. The second-order valence-corrected chi connectivity index (χ2v) is 8.17. The minimum absolute atomic E-state index is 0.0699. The molecule has 160 valence electrons. The van der Waals surface area contributed by atoms with Gasteiger partial charge in [-0.05, 0) is 49.7 Å². The number of fused-ring (bicyclic) bond motifs is 1. The molecule has 1 fully saturated rings. The van der Waals surface area contributed by atoms with Gasteiger partial charge in [0, 0.05) is 18.5 Å². The van der Waals surface area contributed by atoms with Crippen LogP contribution < -0.4 is 14.8 Å². The van der Waals surface area contributed by atoms with Crippen LogP contribution >= 0.6 is 0 Å². The van der Waals surface area contributed by atoms with E-state index in [0.29, 0.717) is 31.5 Å². The molecule has 0 bridgehead atoms. The molecule has 0 spiro atoms. The van der Waals surface area contributed by atoms with Gasteiger partial charge in [0.25, 0.3) is 0 Å². The van der Waals surface area contributed by atoms with E-state index in [0.717, 1.165) is 41.3 Å². The Hall–Kier alpha value is -3.32. The Balaban J connectivity index is 1.25. The lowest BCUT2D eigenvalue weighted by Crippen LogP contribution is -2.30. The minimum atomic E-state index is -0.0699. The van der Waals surface area contributed by atoms with Crippen molar-refractivity contribution in [3.05, 3.63) is 65.9 Å². The highest BCUT2D eigenvalue weighted by molar-refractivity contribution is 5.91. The van der Waals surface area contributed by atoms with Gasteiger partial charge in [-0.3, -0.25) is 9.69 Å². The third-order valence-corrected chi connectivity index (χ3v) is 5.46. The molecule has 1 saturated carbocycles. The zero-order chi connectivity index (χ0) is 21.2. The lowest BCUT2D eigenvalue weighted by atomic mass is 10.2. The number of nitrogens with one attached hydrogen (secondary N) is 1. The molecule has 0 atom stereocenters. The van der Waals surface area contributed by atoms with E-state index in [1.165, 1.54) is 0 Å². The van der Waals surface area contributed by atoms with Crippen LogP contribution in [0.15, 0.2) is 54.6 Å². The van der Waals surface area contributed by atoms with E-state index < -0.39 is 0 Å². The van der Waals surface area contributed by atoms with E-state index in [-0.39, 0.29) is 12.5 Å². The lowest BCUT2D eigenvalue weighted by Gasteiger charge is -2.21. The van der Waals surface area contributed by atoms with Crippen molar-refractivity contribution in [2.24, 2.45) is 0 Å². The van der Waals surface area contributed by atoms with Crippen molar-refractivity contribution < 1.29 is 14.3 Å². The van der Waals surface area contributed by atoms with Crippen LogP contribution in [0.5, 0.6) is 11.5 Å². The van der Waals surface area contributed by atoms with Gasteiger partial charge in [0.2, 0.25) is 5.91 Å². The van der Waals surface area contributed by atoms with Gasteiger partial charge in [-0.15, -0.1) is 0 Å². The Morgan fingerprint density at radius 2 is 1.87 bits per heavy atom. The summed E-state index contributed by atoms with van der Waals surface area (Å²) in [5.74, 6) is 2.70. The van der Waals surface area contributed by atoms with Crippen molar-refractivity contribution in [2.45, 2.75) is 25.3 Å². The van der Waals surface area contributed by atoms with Crippen LogP contribution in [0.25, 0.3) is 5.69 Å². The maximum absolute atomic E-state index is 12.8. The van der Waals surface area contributed by atoms with E-state index in [9.17, 15) is 4.79 Å². The number of nitrogens with zero attached hydrogens (tertiary/aromatic N) is 3. The first-order valence-electron chi connectivity index (χ1n) is 10.7. The topological polar surface area (TPSA) is 68.6 Å². The van der Waals surface area contributed by atoms with E-state index in [1.54, 1.807) is 0 Å². The number of benzene rings is 2. The Kier molecular flexibility index (Phi) is 5.34. The molecule has 3 aromatic rings. The summed E-state index contributed by atoms with van der Waals surface area (Å²) in [5.41, 5.74) is 3.06. The average Bonchev–Trinajstić information content (AvgIpc) is 3.55. The fourth-order valence-corrected chi connectivity index (χ4v) is 3.81. The van der Waals surface area contributed by atoms with Crippen molar-refractivity contribution >= 4 is 11.7 Å². The first kappa shape index (κ1) is 19.6. The summed E-state index contributed by atoms with van der Waals surface area (Å²) < 4.78 is 13.1. The van der Waals surface area contributed by atoms with E-state index in [1.807, 2.05) is 71.2 Å². The largest absolute Gasteiger partial charge is 0.486 e. The molecule has 1 aliphatic carbocycles. The molecule has 2 aromatic carbocycles. The number of amides is 1. The Morgan fingerprint density at radius 1 is 1.10 bits per heavy atom. The average molecular weight is 418 g/mol. The van der Waals surface area contributed by atoms with Crippen molar-refractivity contribution in [2.75, 3.05) is 32.1 Å². The maximum Gasteiger partial charge on any atom is 0.239 e. The van der Waals surface area contributed by atoms with Crippen molar-refractivity contribution in [3.8, 4) is 17.2 Å². The van der Waals surface area contributed by atoms with Crippen LogP contribution in [0.2, 0.25) is 0 Å². The predicted molar refractivity (Wildman–Crippen MR) is 118 cm³/mol. The summed E-state index contributed by atoms with van der Waals surface area (Å²) in [7, 11) is 1.93. The highest BCUT2D eigenvalue weighted by Gasteiger charge is 2.28. The summed E-state index contributed by atoms with van der Waals surface area (Å²) in [6.45, 7) is 2.05. The van der Waals surface area contributed by atoms with Crippen molar-refractivity contribution in [3.63, 3.8) is 0 Å². The molecule has 2 aliphatic rings. The molecule has 0 unspecified atom stereocenters. The summed E-state index contributed by atoms with van der Waals surface area (Å²) in [5, 5.41) is 7.80. The summed E-state index contributed by atoms with van der Waals surface area (Å²) in [6.07, 6.45) is 2.33. The molecule has 5 rings (SSSR count). The van der Waals surface area contributed by atoms with Crippen LogP contribution in [0.4, 0.5) is 5.82 Å². The monoisotopic (exact) mass is 418 g/mol. The molecule has 0 radical (unpaired) electrons. The van der Waals surface area contributed by atoms with E-state index in [4.69, 9.17) is 14.6 Å². The van der Waals surface area contributed by atoms with Gasteiger partial charge in [-0.2, -0.15) is 5.10 Å². The van der Waals surface area contributed by atoms with Gasteiger partial charge in [-0.25, -0.2) is 4.68 Å². The second-order valence-electron chi connectivity index (χ2n) is 8.17. The van der Waals surface area contributed by atoms with Crippen LogP contribution in [0.3, 0.4) is 0 Å². The smallest absolute Gasteiger partial charge is 0.239 e. The number of ether oxygens (including phenoxy) is 2. The number of para-hydroxylation sites is 1. The van der Waals surface area contributed by atoms with Crippen LogP contribution in [0.1, 0.15) is 30.0 Å². The van der Waals surface area contributed by atoms with Gasteiger partial charge in [0.15, 0.2) is 11.5 Å². The third-order valence-electron chi connectivity index (χ3n) is 5.46. The second kappa shape index (κ2) is 8.43. The van der Waals surface area contributed by atoms with Crippen molar-refractivity contribution in [1.29, 1.82) is 0 Å². The summed E-state index contributed by atoms with van der Waals surface area (Å²) in [6, 6.07) is 17.8. The number of rotatable bonds is 7. The van der Waals surface area contributed by atoms with Crippen LogP contribution in [-0.2, 0) is 11.3 Å². The Labute approximate surface area is 181 Å². The standard InChI is InChI=1S/C24H26N4O3/c1-27(15-17-7-10-21-22(13-17)31-12-11-30-21)16-24(29)25-23-14-20(18-8-9-18)26-28(23)19-5-3-2-4-6-19/h2-7,10,13-14,18H,8-9,11-12,15-16H2,1H3,(H,25,29). The zero-order valence-electron chi connectivity index (χ0n) is 17.6. The van der Waals surface area contributed by atoms with Crippen LogP contribution in [-0.4, -0.2) is 47.4 Å². The zero-order valence-corrected chi connectivity index (χ0v) is 17.6. The summed E-state index contributed by atoms with van der Waals surface area (Å²) >= 11 is 0. The first-order valence-corrected chi connectivity index (χ1v) is 10.7.